The summed E-state index contributed by atoms with van der Waals surface area (Å²) in [4.78, 5) is 11.6. The van der Waals surface area contributed by atoms with E-state index in [4.69, 9.17) is 18.3 Å². The highest BCUT2D eigenvalue weighted by Crippen LogP contribution is 2.36. The van der Waals surface area contributed by atoms with Crippen molar-refractivity contribution in [3.63, 3.8) is 0 Å². The van der Waals surface area contributed by atoms with Crippen LogP contribution < -0.4 is 5.63 Å². The van der Waals surface area contributed by atoms with Crippen LogP contribution in [0.3, 0.4) is 0 Å². The fourth-order valence-electron chi connectivity index (χ4n) is 3.45. The van der Waals surface area contributed by atoms with Crippen LogP contribution in [-0.4, -0.2) is 57.7 Å². The number of aliphatic hydroxyl groups excluding tert-OH is 4. The molecule has 1 aliphatic heterocycles. The first-order chi connectivity index (χ1) is 13.7. The van der Waals surface area contributed by atoms with Crippen LogP contribution in [0.25, 0.3) is 21.9 Å². The molecule has 4 rings (SSSR count). The predicted octanol–water partition coefficient (Wildman–Crippen LogP) is 0.591. The maximum Gasteiger partial charge on any atom is 0.336 e. The minimum Gasteiger partial charge on any atom is -0.458 e. The minimum atomic E-state index is -1.55. The highest BCUT2D eigenvalue weighted by Gasteiger charge is 2.46. The Labute approximate surface area is 164 Å². The highest BCUT2D eigenvalue weighted by molar-refractivity contribution is 6.02. The third-order valence-corrected chi connectivity index (χ3v) is 5.14. The third kappa shape index (κ3) is 3.46. The topological polar surface area (TPSA) is 143 Å². The van der Waals surface area contributed by atoms with Gasteiger partial charge in [0.15, 0.2) is 6.29 Å². The normalized spacial score (nSPS) is 28.3. The van der Waals surface area contributed by atoms with Crippen LogP contribution in [0.1, 0.15) is 19.6 Å². The Kier molecular flexibility index (Phi) is 4.97. The van der Waals surface area contributed by atoms with Crippen molar-refractivity contribution in [1.82, 2.24) is 0 Å². The lowest BCUT2D eigenvalue weighted by atomic mass is 9.98. The lowest BCUT2D eigenvalue weighted by Gasteiger charge is -2.42. The van der Waals surface area contributed by atoms with Gasteiger partial charge in [-0.1, -0.05) is 0 Å². The quantitative estimate of drug-likeness (QED) is 0.458. The van der Waals surface area contributed by atoms with E-state index >= 15 is 0 Å². The molecule has 3 aromatic rings. The summed E-state index contributed by atoms with van der Waals surface area (Å²) < 4.78 is 22.5. The average molecular weight is 406 g/mol. The van der Waals surface area contributed by atoms with Crippen molar-refractivity contribution in [3.8, 4) is 0 Å². The van der Waals surface area contributed by atoms with Gasteiger partial charge in [0.05, 0.1) is 12.0 Å². The summed E-state index contributed by atoms with van der Waals surface area (Å²) in [6, 6.07) is 8.17. The molecule has 0 saturated carbocycles. The van der Waals surface area contributed by atoms with E-state index in [1.165, 1.54) is 6.07 Å². The number of hydrogen-bond donors (Lipinski definition) is 4. The molecule has 0 spiro atoms. The summed E-state index contributed by atoms with van der Waals surface area (Å²) >= 11 is 0. The zero-order valence-corrected chi connectivity index (χ0v) is 15.8. The van der Waals surface area contributed by atoms with Crippen molar-refractivity contribution in [2.75, 3.05) is 6.61 Å². The Morgan fingerprint density at radius 3 is 2.48 bits per heavy atom. The molecule has 0 radical (unpaired) electrons. The molecule has 156 valence electrons. The smallest absolute Gasteiger partial charge is 0.336 e. The molecular weight excluding hydrogens is 384 g/mol. The van der Waals surface area contributed by atoms with Gasteiger partial charge in [0, 0.05) is 11.5 Å². The molecule has 0 bridgehead atoms. The van der Waals surface area contributed by atoms with Gasteiger partial charge in [-0.2, -0.15) is 0 Å². The molecule has 9 heteroatoms. The van der Waals surface area contributed by atoms with E-state index in [1.807, 2.05) is 0 Å². The number of furan rings is 1. The second kappa shape index (κ2) is 7.21. The van der Waals surface area contributed by atoms with Crippen LogP contribution in [0.15, 0.2) is 44.0 Å². The molecule has 3 heterocycles. The summed E-state index contributed by atoms with van der Waals surface area (Å²) in [6.45, 7) is 2.79. The van der Waals surface area contributed by atoms with Crippen molar-refractivity contribution in [2.24, 2.45) is 0 Å². The Bertz CT molecular complexity index is 1080. The minimum absolute atomic E-state index is 0.364. The predicted molar refractivity (Wildman–Crippen MR) is 100 cm³/mol. The van der Waals surface area contributed by atoms with Gasteiger partial charge in [0.1, 0.15) is 46.9 Å². The molecule has 1 saturated heterocycles. The molecule has 5 unspecified atom stereocenters. The second-order valence-corrected chi connectivity index (χ2v) is 7.59. The Hall–Kier alpha value is -2.27. The number of fused-ring (bicyclic) bond motifs is 3. The molecule has 0 aliphatic carbocycles. The first-order valence-electron chi connectivity index (χ1n) is 9.16. The summed E-state index contributed by atoms with van der Waals surface area (Å²) in [7, 11) is 0. The van der Waals surface area contributed by atoms with Crippen molar-refractivity contribution in [2.45, 2.75) is 50.2 Å². The van der Waals surface area contributed by atoms with Gasteiger partial charge in [0.25, 0.3) is 0 Å². The molecule has 2 aromatic heterocycles. The van der Waals surface area contributed by atoms with E-state index in [2.05, 4.69) is 0 Å². The fraction of sp³-hybridized carbons (Fsp3) is 0.450. The van der Waals surface area contributed by atoms with Crippen LogP contribution in [0.5, 0.6) is 0 Å². The Balaban J connectivity index is 1.68. The fourth-order valence-corrected chi connectivity index (χ4v) is 3.45. The molecule has 1 aliphatic rings. The maximum atomic E-state index is 11.6. The van der Waals surface area contributed by atoms with Crippen LogP contribution in [-0.2, 0) is 15.1 Å². The molecule has 1 aromatic carbocycles. The third-order valence-electron chi connectivity index (χ3n) is 5.14. The van der Waals surface area contributed by atoms with Gasteiger partial charge in [-0.25, -0.2) is 4.79 Å². The molecule has 29 heavy (non-hydrogen) atoms. The number of ether oxygens (including phenoxy) is 2. The number of rotatable bonds is 4. The van der Waals surface area contributed by atoms with Crippen LogP contribution in [0, 0.1) is 0 Å². The summed E-state index contributed by atoms with van der Waals surface area (Å²) in [5.41, 5.74) is -0.751. The van der Waals surface area contributed by atoms with Gasteiger partial charge >= 0.3 is 5.63 Å². The molecule has 0 amide bonds. The SMILES string of the molecule is CC(C)(OC1OC(CO)C(O)C(O)C1O)c1cc2c(ccc3ccc(=O)oc32)o1. The van der Waals surface area contributed by atoms with Crippen molar-refractivity contribution in [1.29, 1.82) is 0 Å². The van der Waals surface area contributed by atoms with E-state index in [9.17, 15) is 25.2 Å². The van der Waals surface area contributed by atoms with E-state index < -0.39 is 48.5 Å². The van der Waals surface area contributed by atoms with Crippen molar-refractivity contribution < 1.29 is 38.7 Å². The average Bonchev–Trinajstić information content (AvgIpc) is 3.14. The van der Waals surface area contributed by atoms with Gasteiger partial charge in [0.2, 0.25) is 0 Å². The van der Waals surface area contributed by atoms with E-state index in [-0.39, 0.29) is 0 Å². The molecule has 4 N–H and O–H groups in total. The molecule has 9 nitrogen and oxygen atoms in total. The van der Waals surface area contributed by atoms with Gasteiger partial charge in [-0.3, -0.25) is 0 Å². The van der Waals surface area contributed by atoms with E-state index in [1.54, 1.807) is 38.1 Å². The molecular formula is C20H22O9. The number of benzene rings is 1. The first-order valence-corrected chi connectivity index (χ1v) is 9.16. The Morgan fingerprint density at radius 2 is 1.76 bits per heavy atom. The van der Waals surface area contributed by atoms with Crippen LogP contribution >= 0.6 is 0 Å². The van der Waals surface area contributed by atoms with E-state index in [0.717, 1.165) is 5.39 Å². The van der Waals surface area contributed by atoms with Gasteiger partial charge in [-0.15, -0.1) is 0 Å². The number of aliphatic hydroxyl groups is 4. The maximum absolute atomic E-state index is 11.6. The molecule has 1 fully saturated rings. The summed E-state index contributed by atoms with van der Waals surface area (Å²) in [5.74, 6) is 0.364. The van der Waals surface area contributed by atoms with E-state index in [0.29, 0.717) is 22.3 Å². The zero-order chi connectivity index (χ0) is 20.9. The van der Waals surface area contributed by atoms with Crippen LogP contribution in [0.4, 0.5) is 0 Å². The Morgan fingerprint density at radius 1 is 1.03 bits per heavy atom. The van der Waals surface area contributed by atoms with Crippen molar-refractivity contribution >= 4 is 21.9 Å². The lowest BCUT2D eigenvalue weighted by molar-refractivity contribution is -0.326. The van der Waals surface area contributed by atoms with Crippen molar-refractivity contribution in [3.05, 3.63) is 46.5 Å². The highest BCUT2D eigenvalue weighted by atomic mass is 16.7. The second-order valence-electron chi connectivity index (χ2n) is 7.59. The largest absolute Gasteiger partial charge is 0.458 e. The first kappa shape index (κ1) is 20.0. The molecule has 5 atom stereocenters. The summed E-state index contributed by atoms with van der Waals surface area (Å²) in [5, 5.41) is 40.7. The summed E-state index contributed by atoms with van der Waals surface area (Å²) in [6.07, 6.45) is -6.95. The van der Waals surface area contributed by atoms with Crippen LogP contribution in [0.2, 0.25) is 0 Å². The van der Waals surface area contributed by atoms with Gasteiger partial charge in [-0.05, 0) is 38.1 Å². The number of hydrogen-bond acceptors (Lipinski definition) is 9. The lowest BCUT2D eigenvalue weighted by Crippen LogP contribution is -2.60. The monoisotopic (exact) mass is 406 g/mol. The zero-order valence-electron chi connectivity index (χ0n) is 15.8. The van der Waals surface area contributed by atoms with Gasteiger partial charge < -0.3 is 38.7 Å². The standard InChI is InChI=1S/C20H22O9/c1-20(2,29-19-17(25)16(24)15(23)12(8-21)27-19)13-7-10-11(26-13)5-3-9-4-6-14(22)28-18(9)10/h3-7,12,15-17,19,21,23-25H,8H2,1-2H3.